The maximum atomic E-state index is 14.4. The number of halogens is 2. The molecule has 4 heteroatoms. The molecule has 2 fully saturated rings. The number of carbonyl (C=O) groups excluding carboxylic acids is 1. The van der Waals surface area contributed by atoms with Gasteiger partial charge in [0.05, 0.1) is 0 Å². The van der Waals surface area contributed by atoms with Gasteiger partial charge in [-0.3, -0.25) is 4.79 Å². The van der Waals surface area contributed by atoms with Crippen LogP contribution in [0.2, 0.25) is 0 Å². The highest BCUT2D eigenvalue weighted by molar-refractivity contribution is 6.01. The highest BCUT2D eigenvalue weighted by Crippen LogP contribution is 2.65. The second-order valence-corrected chi connectivity index (χ2v) is 11.8. The van der Waals surface area contributed by atoms with Crippen molar-refractivity contribution in [2.45, 2.75) is 84.7 Å². The summed E-state index contributed by atoms with van der Waals surface area (Å²) in [6.45, 7) is 9.23. The summed E-state index contributed by atoms with van der Waals surface area (Å²) < 4.78 is 28.7. The smallest absolute Gasteiger partial charge is 0.275 e. The molecule has 2 nitrogen and oxygen atoms in total. The summed E-state index contributed by atoms with van der Waals surface area (Å²) in [5, 5.41) is 9.84. The monoisotopic (exact) mass is 432 g/mol. The van der Waals surface area contributed by atoms with Gasteiger partial charge in [0.1, 0.15) is 5.60 Å². The molecule has 0 aliphatic heterocycles. The van der Waals surface area contributed by atoms with Crippen LogP contribution in [0.1, 0.15) is 73.1 Å². The van der Waals surface area contributed by atoms with Crippen LogP contribution in [0, 0.1) is 40.4 Å². The van der Waals surface area contributed by atoms with Gasteiger partial charge in [0, 0.05) is 11.8 Å². The number of alkyl halides is 2. The maximum absolute atomic E-state index is 14.4. The third-order valence-corrected chi connectivity index (χ3v) is 9.68. The molecule has 0 radical (unpaired) electrons. The van der Waals surface area contributed by atoms with E-state index >= 15 is 0 Å². The third-order valence-electron chi connectivity index (χ3n) is 9.68. The zero-order valence-electron chi connectivity index (χ0n) is 19.6. The minimum absolute atomic E-state index is 0.0763. The predicted molar refractivity (Wildman–Crippen MR) is 120 cm³/mol. The lowest BCUT2D eigenvalue weighted by atomic mass is 9.49. The predicted octanol–water partition coefficient (Wildman–Crippen LogP) is 6.51. The van der Waals surface area contributed by atoms with Gasteiger partial charge in [0.25, 0.3) is 5.92 Å². The molecule has 0 amide bonds. The van der Waals surface area contributed by atoms with E-state index < -0.39 is 11.5 Å². The Hall–Kier alpha value is -1.29. The van der Waals surface area contributed by atoms with E-state index in [9.17, 15) is 18.7 Å². The van der Waals surface area contributed by atoms with Gasteiger partial charge in [-0.2, -0.15) is 0 Å². The van der Waals surface area contributed by atoms with E-state index in [1.165, 1.54) is 13.8 Å². The summed E-state index contributed by atoms with van der Waals surface area (Å²) in [7, 11) is 0. The molecule has 31 heavy (non-hydrogen) atoms. The van der Waals surface area contributed by atoms with Crippen molar-refractivity contribution >= 4 is 5.78 Å². The van der Waals surface area contributed by atoms with Crippen LogP contribution < -0.4 is 0 Å². The quantitative estimate of drug-likeness (QED) is 0.538. The third kappa shape index (κ3) is 3.57. The fourth-order valence-corrected chi connectivity index (χ4v) is 7.54. The first kappa shape index (κ1) is 22.9. The summed E-state index contributed by atoms with van der Waals surface area (Å²) in [5.74, 6) is -0.786. The molecule has 0 saturated heterocycles. The molecule has 0 aromatic carbocycles. The van der Waals surface area contributed by atoms with Gasteiger partial charge < -0.3 is 5.11 Å². The molecule has 1 N–H and O–H groups in total. The second kappa shape index (κ2) is 7.37. The van der Waals surface area contributed by atoms with Gasteiger partial charge in [-0.1, -0.05) is 39.0 Å². The Morgan fingerprint density at radius 2 is 1.87 bits per heavy atom. The van der Waals surface area contributed by atoms with Gasteiger partial charge in [-0.05, 0) is 98.7 Å². The SMILES string of the molecule is CC(CCC(F)(F)C(C)(C)O)C1CCC2C3C=CC4=CC(=O)C=CC4(C)C3CCC12C. The molecule has 7 unspecified atom stereocenters. The highest BCUT2D eigenvalue weighted by atomic mass is 19.3. The molecule has 0 aromatic rings. The molecule has 4 aliphatic rings. The zero-order chi connectivity index (χ0) is 22.8. The highest BCUT2D eigenvalue weighted by Gasteiger charge is 2.58. The molecule has 4 aliphatic carbocycles. The van der Waals surface area contributed by atoms with Crippen molar-refractivity contribution < 1.29 is 18.7 Å². The van der Waals surface area contributed by atoms with Crippen LogP contribution in [0.4, 0.5) is 8.78 Å². The molecule has 0 heterocycles. The Bertz CT molecular complexity index is 833. The number of aliphatic hydroxyl groups is 1. The summed E-state index contributed by atoms with van der Waals surface area (Å²) in [6.07, 6.45) is 14.8. The summed E-state index contributed by atoms with van der Waals surface area (Å²) in [6, 6.07) is 0. The summed E-state index contributed by atoms with van der Waals surface area (Å²) in [5.41, 5.74) is -0.745. The Labute approximate surface area is 185 Å². The Kier molecular flexibility index (Phi) is 5.44. The minimum Gasteiger partial charge on any atom is -0.384 e. The molecule has 0 spiro atoms. The molecular weight excluding hydrogens is 394 g/mol. The van der Waals surface area contributed by atoms with Crippen molar-refractivity contribution in [1.29, 1.82) is 0 Å². The normalized spacial score (nSPS) is 40.8. The van der Waals surface area contributed by atoms with E-state index in [0.717, 1.165) is 31.3 Å². The number of hydrogen-bond acceptors (Lipinski definition) is 2. The van der Waals surface area contributed by atoms with Crippen molar-refractivity contribution in [2.75, 3.05) is 0 Å². The Morgan fingerprint density at radius 1 is 1.16 bits per heavy atom. The van der Waals surface area contributed by atoms with E-state index in [0.29, 0.717) is 30.1 Å². The van der Waals surface area contributed by atoms with Crippen LogP contribution in [0.5, 0.6) is 0 Å². The number of rotatable bonds is 5. The maximum Gasteiger partial charge on any atom is 0.275 e. The van der Waals surface area contributed by atoms with Crippen LogP contribution >= 0.6 is 0 Å². The molecule has 7 atom stereocenters. The first-order valence-corrected chi connectivity index (χ1v) is 12.0. The Morgan fingerprint density at radius 3 is 2.55 bits per heavy atom. The van der Waals surface area contributed by atoms with Gasteiger partial charge in [0.2, 0.25) is 0 Å². The van der Waals surface area contributed by atoms with Gasteiger partial charge in [-0.15, -0.1) is 0 Å². The molecule has 4 rings (SSSR count). The van der Waals surface area contributed by atoms with Crippen molar-refractivity contribution in [2.24, 2.45) is 40.4 Å². The van der Waals surface area contributed by atoms with E-state index in [-0.39, 0.29) is 29.0 Å². The number of ketones is 1. The van der Waals surface area contributed by atoms with Gasteiger partial charge in [-0.25, -0.2) is 8.78 Å². The second-order valence-electron chi connectivity index (χ2n) is 11.8. The van der Waals surface area contributed by atoms with Gasteiger partial charge >= 0.3 is 0 Å². The van der Waals surface area contributed by atoms with Crippen LogP contribution in [0.3, 0.4) is 0 Å². The van der Waals surface area contributed by atoms with Crippen molar-refractivity contribution in [3.05, 3.63) is 36.0 Å². The van der Waals surface area contributed by atoms with Crippen molar-refractivity contribution in [3.63, 3.8) is 0 Å². The zero-order valence-corrected chi connectivity index (χ0v) is 19.6. The number of hydrogen-bond donors (Lipinski definition) is 1. The van der Waals surface area contributed by atoms with Crippen molar-refractivity contribution in [1.82, 2.24) is 0 Å². The van der Waals surface area contributed by atoms with E-state index in [2.05, 4.69) is 39.0 Å². The fraction of sp³-hybridized carbons (Fsp3) is 0.741. The fourth-order valence-electron chi connectivity index (χ4n) is 7.54. The molecule has 172 valence electrons. The lowest BCUT2D eigenvalue weighted by Gasteiger charge is -2.55. The van der Waals surface area contributed by atoms with Gasteiger partial charge in [0.15, 0.2) is 5.78 Å². The van der Waals surface area contributed by atoms with Crippen molar-refractivity contribution in [3.8, 4) is 0 Å². The average molecular weight is 433 g/mol. The summed E-state index contributed by atoms with van der Waals surface area (Å²) in [4.78, 5) is 11.9. The van der Waals surface area contributed by atoms with Crippen LogP contribution in [0.15, 0.2) is 36.0 Å². The van der Waals surface area contributed by atoms with E-state index in [1.807, 2.05) is 0 Å². The van der Waals surface area contributed by atoms with Crippen LogP contribution in [-0.4, -0.2) is 22.4 Å². The van der Waals surface area contributed by atoms with Crippen LogP contribution in [-0.2, 0) is 4.79 Å². The number of fused-ring (bicyclic) bond motifs is 5. The van der Waals surface area contributed by atoms with Crippen LogP contribution in [0.25, 0.3) is 0 Å². The number of carbonyl (C=O) groups is 1. The molecular formula is C27H38F2O2. The molecule has 0 bridgehead atoms. The molecule has 0 aromatic heterocycles. The number of allylic oxidation sites excluding steroid dienone is 6. The molecule has 2 saturated carbocycles. The van der Waals surface area contributed by atoms with E-state index in [4.69, 9.17) is 0 Å². The standard InChI is InChI=1S/C27H38F2O2/c1-17(10-15-27(28,29)24(2,3)31)21-8-9-22-20-7-6-18-16-19(30)11-13-25(18,4)23(20)12-14-26(21,22)5/h6-7,11,13,16-17,20-23,31H,8-10,12,14-15H2,1-5H3. The average Bonchev–Trinajstić information content (AvgIpc) is 3.03. The lowest BCUT2D eigenvalue weighted by Crippen LogP contribution is -2.48. The summed E-state index contributed by atoms with van der Waals surface area (Å²) >= 11 is 0. The first-order chi connectivity index (χ1) is 14.3. The van der Waals surface area contributed by atoms with E-state index in [1.54, 1.807) is 12.2 Å². The minimum atomic E-state index is -3.06. The lowest BCUT2D eigenvalue weighted by molar-refractivity contribution is -0.168. The largest absolute Gasteiger partial charge is 0.384 e. The first-order valence-electron chi connectivity index (χ1n) is 12.0. The topological polar surface area (TPSA) is 37.3 Å². The Balaban J connectivity index is 1.52.